The topological polar surface area (TPSA) is 91.9 Å². The maximum Gasteiger partial charge on any atom is 0.405 e. The van der Waals surface area contributed by atoms with Crippen LogP contribution in [-0.4, -0.2) is 37.2 Å². The number of rotatable bonds is 4. The smallest absolute Gasteiger partial charge is 0.341 e. The van der Waals surface area contributed by atoms with Gasteiger partial charge in [-0.3, -0.25) is 9.89 Å². The Labute approximate surface area is 116 Å². The first-order chi connectivity index (χ1) is 9.09. The summed E-state index contributed by atoms with van der Waals surface area (Å²) in [6.07, 6.45) is -3.21. The van der Waals surface area contributed by atoms with E-state index in [0.717, 1.165) is 0 Å². The van der Waals surface area contributed by atoms with Gasteiger partial charge in [-0.1, -0.05) is 0 Å². The molecule has 1 fully saturated rings. The van der Waals surface area contributed by atoms with E-state index < -0.39 is 38.3 Å². The minimum Gasteiger partial charge on any atom is -0.341 e. The monoisotopic (exact) mass is 331 g/mol. The number of nitrogens with one attached hydrogen (secondary N) is 2. The predicted octanol–water partition coefficient (Wildman–Crippen LogP) is 1.51. The first-order valence-electron chi connectivity index (χ1n) is 5.47. The lowest BCUT2D eigenvalue weighted by Crippen LogP contribution is -2.34. The average molecular weight is 332 g/mol. The summed E-state index contributed by atoms with van der Waals surface area (Å²) < 4.78 is 59.0. The number of carbonyl (C=O) groups is 1. The van der Waals surface area contributed by atoms with Gasteiger partial charge in [0, 0.05) is 16.6 Å². The van der Waals surface area contributed by atoms with Crippen LogP contribution in [0.4, 0.5) is 13.2 Å². The fourth-order valence-electron chi connectivity index (χ4n) is 1.66. The summed E-state index contributed by atoms with van der Waals surface area (Å²) in [4.78, 5) is 11.1. The highest BCUT2D eigenvalue weighted by molar-refractivity contribution is 8.13. The van der Waals surface area contributed by atoms with Crippen LogP contribution < -0.4 is 5.32 Å². The van der Waals surface area contributed by atoms with Crippen molar-refractivity contribution >= 4 is 25.6 Å². The summed E-state index contributed by atoms with van der Waals surface area (Å²) in [5.41, 5.74) is -0.483. The van der Waals surface area contributed by atoms with Crippen LogP contribution in [0.3, 0.4) is 0 Å². The molecule has 1 saturated carbocycles. The second-order valence-corrected chi connectivity index (χ2v) is 6.83. The first-order valence-corrected chi connectivity index (χ1v) is 7.78. The van der Waals surface area contributed by atoms with E-state index in [-0.39, 0.29) is 11.6 Å². The van der Waals surface area contributed by atoms with E-state index >= 15 is 0 Å². The molecule has 1 heterocycles. The van der Waals surface area contributed by atoms with Gasteiger partial charge in [-0.15, -0.1) is 0 Å². The molecule has 1 aromatic heterocycles. The summed E-state index contributed by atoms with van der Waals surface area (Å²) in [7, 11) is 0.938. The maximum atomic E-state index is 12.0. The SMILES string of the molecule is O=C(NCC(F)(F)F)c1n[nH]c(C2CC2)c1S(=O)(=O)Cl. The van der Waals surface area contributed by atoms with Crippen LogP contribution in [0.15, 0.2) is 4.90 Å². The molecule has 0 radical (unpaired) electrons. The number of hydrogen-bond acceptors (Lipinski definition) is 4. The number of H-pyrrole nitrogens is 1. The molecule has 20 heavy (non-hydrogen) atoms. The van der Waals surface area contributed by atoms with Gasteiger partial charge in [0.05, 0.1) is 5.69 Å². The third-order valence-electron chi connectivity index (χ3n) is 2.64. The number of hydrogen-bond donors (Lipinski definition) is 2. The van der Waals surface area contributed by atoms with Gasteiger partial charge in [-0.05, 0) is 12.8 Å². The zero-order chi connectivity index (χ0) is 15.1. The molecule has 0 atom stereocenters. The predicted molar refractivity (Wildman–Crippen MR) is 62.0 cm³/mol. The van der Waals surface area contributed by atoms with Crippen LogP contribution in [0.5, 0.6) is 0 Å². The molecule has 2 rings (SSSR count). The molecule has 0 aliphatic heterocycles. The highest BCUT2D eigenvalue weighted by Gasteiger charge is 2.37. The van der Waals surface area contributed by atoms with Crippen molar-refractivity contribution < 1.29 is 26.4 Å². The normalized spacial score (nSPS) is 16.2. The Morgan fingerprint density at radius 1 is 1.45 bits per heavy atom. The van der Waals surface area contributed by atoms with Gasteiger partial charge < -0.3 is 5.32 Å². The van der Waals surface area contributed by atoms with Crippen LogP contribution >= 0.6 is 10.7 Å². The van der Waals surface area contributed by atoms with Gasteiger partial charge in [0.15, 0.2) is 5.69 Å². The first kappa shape index (κ1) is 15.1. The molecule has 0 unspecified atom stereocenters. The van der Waals surface area contributed by atoms with Crippen molar-refractivity contribution in [3.05, 3.63) is 11.4 Å². The molecular formula is C9H9ClF3N3O3S. The third-order valence-corrected chi connectivity index (χ3v) is 4.01. The molecule has 2 N–H and O–H groups in total. The average Bonchev–Trinajstić information content (AvgIpc) is 3.02. The number of alkyl halides is 3. The Kier molecular flexibility index (Phi) is 3.71. The number of carbonyl (C=O) groups excluding carboxylic acids is 1. The van der Waals surface area contributed by atoms with Gasteiger partial charge in [0.25, 0.3) is 15.0 Å². The fraction of sp³-hybridized carbons (Fsp3) is 0.556. The maximum absolute atomic E-state index is 12.0. The molecule has 0 bridgehead atoms. The molecule has 0 aromatic carbocycles. The molecule has 1 aromatic rings. The molecular weight excluding hydrogens is 323 g/mol. The van der Waals surface area contributed by atoms with Crippen molar-refractivity contribution in [2.75, 3.05) is 6.54 Å². The van der Waals surface area contributed by atoms with Crippen molar-refractivity contribution in [1.29, 1.82) is 0 Å². The Balaban J connectivity index is 2.30. The van der Waals surface area contributed by atoms with E-state index in [1.807, 2.05) is 0 Å². The molecule has 11 heteroatoms. The standard InChI is InChI=1S/C9H9ClF3N3O3S/c10-20(18,19)7-5(4-1-2-4)15-16-6(7)8(17)14-3-9(11,12)13/h4H,1-3H2,(H,14,17)(H,15,16). The highest BCUT2D eigenvalue weighted by atomic mass is 35.7. The Bertz CT molecular complexity index is 637. The zero-order valence-corrected chi connectivity index (χ0v) is 11.4. The summed E-state index contributed by atoms with van der Waals surface area (Å²) in [6.45, 7) is -1.58. The molecule has 1 aliphatic rings. The fourth-order valence-corrected chi connectivity index (χ4v) is 2.97. The second kappa shape index (κ2) is 4.92. The van der Waals surface area contributed by atoms with E-state index in [9.17, 15) is 26.4 Å². The van der Waals surface area contributed by atoms with Crippen molar-refractivity contribution in [3.8, 4) is 0 Å². The van der Waals surface area contributed by atoms with Gasteiger partial charge >= 0.3 is 6.18 Å². The number of halogens is 4. The van der Waals surface area contributed by atoms with Crippen LogP contribution in [-0.2, 0) is 9.05 Å². The zero-order valence-electron chi connectivity index (χ0n) is 9.79. The lowest BCUT2D eigenvalue weighted by molar-refractivity contribution is -0.123. The molecule has 1 amide bonds. The van der Waals surface area contributed by atoms with E-state index in [0.29, 0.717) is 12.8 Å². The van der Waals surface area contributed by atoms with E-state index in [1.165, 1.54) is 0 Å². The Morgan fingerprint density at radius 2 is 2.05 bits per heavy atom. The van der Waals surface area contributed by atoms with Gasteiger partial charge in [0.1, 0.15) is 11.4 Å². The van der Waals surface area contributed by atoms with Gasteiger partial charge in [-0.2, -0.15) is 18.3 Å². The molecule has 6 nitrogen and oxygen atoms in total. The van der Waals surface area contributed by atoms with Crippen molar-refractivity contribution in [3.63, 3.8) is 0 Å². The molecule has 1 aliphatic carbocycles. The largest absolute Gasteiger partial charge is 0.405 e. The second-order valence-electron chi connectivity index (χ2n) is 4.32. The molecule has 112 valence electrons. The number of amides is 1. The van der Waals surface area contributed by atoms with Gasteiger partial charge in [-0.25, -0.2) is 8.42 Å². The van der Waals surface area contributed by atoms with E-state index in [2.05, 4.69) is 10.2 Å². The minimum absolute atomic E-state index is 0.116. The molecule has 0 spiro atoms. The van der Waals surface area contributed by atoms with Crippen molar-refractivity contribution in [2.24, 2.45) is 0 Å². The van der Waals surface area contributed by atoms with Crippen molar-refractivity contribution in [2.45, 2.75) is 29.8 Å². The quantitative estimate of drug-likeness (QED) is 0.818. The lowest BCUT2D eigenvalue weighted by atomic mass is 10.2. The van der Waals surface area contributed by atoms with E-state index in [4.69, 9.17) is 10.7 Å². The summed E-state index contributed by atoms with van der Waals surface area (Å²) in [6, 6.07) is 0. The number of nitrogens with zero attached hydrogens (tertiary/aromatic N) is 1. The lowest BCUT2D eigenvalue weighted by Gasteiger charge is -2.07. The van der Waals surface area contributed by atoms with Gasteiger partial charge in [0.2, 0.25) is 0 Å². The van der Waals surface area contributed by atoms with Crippen LogP contribution in [0, 0.1) is 0 Å². The summed E-state index contributed by atoms with van der Waals surface area (Å²) in [5.74, 6) is -1.36. The summed E-state index contributed by atoms with van der Waals surface area (Å²) >= 11 is 0. The van der Waals surface area contributed by atoms with Crippen LogP contribution in [0.25, 0.3) is 0 Å². The van der Waals surface area contributed by atoms with Crippen LogP contribution in [0.2, 0.25) is 0 Å². The third kappa shape index (κ3) is 3.42. The summed E-state index contributed by atoms with van der Waals surface area (Å²) in [5, 5.41) is 7.40. The number of aromatic amines is 1. The van der Waals surface area contributed by atoms with Crippen LogP contribution in [0.1, 0.15) is 34.9 Å². The Morgan fingerprint density at radius 3 is 2.50 bits per heavy atom. The number of aromatic nitrogens is 2. The Hall–Kier alpha value is -1.29. The highest BCUT2D eigenvalue weighted by Crippen LogP contribution is 2.43. The minimum atomic E-state index is -4.61. The molecule has 0 saturated heterocycles. The van der Waals surface area contributed by atoms with E-state index in [1.54, 1.807) is 5.32 Å². The van der Waals surface area contributed by atoms with Crippen molar-refractivity contribution in [1.82, 2.24) is 15.5 Å².